The van der Waals surface area contributed by atoms with Crippen LogP contribution in [0, 0.1) is 0 Å². The van der Waals surface area contributed by atoms with E-state index in [2.05, 4.69) is 20.4 Å². The van der Waals surface area contributed by atoms with E-state index in [1.54, 1.807) is 60.6 Å². The Bertz CT molecular complexity index is 1390. The van der Waals surface area contributed by atoms with Crippen LogP contribution in [0.15, 0.2) is 61.3 Å². The lowest BCUT2D eigenvalue weighted by molar-refractivity contribution is 0.0827. The molecule has 0 atom stereocenters. The van der Waals surface area contributed by atoms with E-state index in [1.165, 1.54) is 0 Å². The maximum absolute atomic E-state index is 12.3. The van der Waals surface area contributed by atoms with E-state index < -0.39 is 0 Å². The predicted molar refractivity (Wildman–Crippen MR) is 111 cm³/mol. The molecule has 0 spiro atoms. The fourth-order valence-electron chi connectivity index (χ4n) is 3.36. The number of fused-ring (bicyclic) bond motifs is 5. The molecule has 5 rings (SSSR count). The van der Waals surface area contributed by atoms with E-state index in [0.717, 1.165) is 33.0 Å². The molecule has 5 aromatic rings. The van der Waals surface area contributed by atoms with Crippen molar-refractivity contribution >= 4 is 44.7 Å². The second kappa shape index (κ2) is 6.52. The molecule has 1 N–H and O–H groups in total. The summed E-state index contributed by atoms with van der Waals surface area (Å²) in [5, 5.41) is 9.79. The van der Waals surface area contributed by atoms with Crippen molar-refractivity contribution in [3.05, 3.63) is 66.9 Å². The van der Waals surface area contributed by atoms with Crippen LogP contribution in [-0.2, 0) is 0 Å². The third-order valence-corrected chi connectivity index (χ3v) is 4.75. The molecule has 0 fully saturated rings. The van der Waals surface area contributed by atoms with Gasteiger partial charge in [0.05, 0.1) is 6.20 Å². The number of anilines is 2. The van der Waals surface area contributed by atoms with Gasteiger partial charge in [-0.25, -0.2) is 9.50 Å². The zero-order valence-electron chi connectivity index (χ0n) is 15.9. The molecular formula is C21H17N7O. The molecule has 4 heterocycles. The molecule has 4 aromatic heterocycles. The van der Waals surface area contributed by atoms with Crippen LogP contribution in [0.1, 0.15) is 10.4 Å². The minimum atomic E-state index is -0.0557. The highest BCUT2D eigenvalue weighted by Crippen LogP contribution is 2.31. The summed E-state index contributed by atoms with van der Waals surface area (Å²) in [6.45, 7) is 0. The first-order valence-electron chi connectivity index (χ1n) is 9.06. The van der Waals surface area contributed by atoms with Gasteiger partial charge >= 0.3 is 0 Å². The smallest absolute Gasteiger partial charge is 0.253 e. The van der Waals surface area contributed by atoms with Crippen LogP contribution in [0.25, 0.3) is 27.3 Å². The van der Waals surface area contributed by atoms with Gasteiger partial charge in [0.15, 0.2) is 0 Å². The van der Waals surface area contributed by atoms with Crippen molar-refractivity contribution in [3.63, 3.8) is 0 Å². The number of amides is 1. The Labute approximate surface area is 165 Å². The topological polar surface area (TPSA) is 88.3 Å². The summed E-state index contributed by atoms with van der Waals surface area (Å²) in [6.07, 6.45) is 8.74. The molecular weight excluding hydrogens is 366 g/mol. The van der Waals surface area contributed by atoms with Crippen molar-refractivity contribution in [3.8, 4) is 0 Å². The maximum atomic E-state index is 12.3. The molecule has 0 radical (unpaired) electrons. The Balaban J connectivity index is 1.69. The predicted octanol–water partition coefficient (Wildman–Crippen LogP) is 3.27. The van der Waals surface area contributed by atoms with E-state index in [0.29, 0.717) is 11.4 Å². The Hall–Kier alpha value is -4.07. The third-order valence-electron chi connectivity index (χ3n) is 4.75. The molecule has 1 amide bonds. The average Bonchev–Trinajstić information content (AvgIpc) is 3.12. The number of carbonyl (C=O) groups excluding carboxylic acids is 1. The number of nitrogens with zero attached hydrogens (tertiary/aromatic N) is 6. The fraction of sp³-hybridized carbons (Fsp3) is 0.0952. The first-order chi connectivity index (χ1) is 14.1. The van der Waals surface area contributed by atoms with Gasteiger partial charge in [-0.05, 0) is 24.3 Å². The van der Waals surface area contributed by atoms with Crippen molar-refractivity contribution < 1.29 is 4.79 Å². The van der Waals surface area contributed by atoms with Crippen LogP contribution in [0.5, 0.6) is 0 Å². The van der Waals surface area contributed by atoms with Gasteiger partial charge in [-0.3, -0.25) is 14.8 Å². The number of benzene rings is 1. The number of aromatic nitrogens is 5. The second-order valence-electron chi connectivity index (χ2n) is 6.89. The van der Waals surface area contributed by atoms with Crippen LogP contribution >= 0.6 is 0 Å². The van der Waals surface area contributed by atoms with E-state index in [1.807, 2.05) is 24.3 Å². The van der Waals surface area contributed by atoms with Crippen LogP contribution < -0.4 is 5.32 Å². The van der Waals surface area contributed by atoms with Crippen molar-refractivity contribution in [1.82, 2.24) is 29.5 Å². The Morgan fingerprint density at radius 2 is 1.90 bits per heavy atom. The van der Waals surface area contributed by atoms with Crippen molar-refractivity contribution in [1.29, 1.82) is 0 Å². The molecule has 0 unspecified atom stereocenters. The number of hydrogen-bond acceptors (Lipinski definition) is 6. The molecule has 8 nitrogen and oxygen atoms in total. The third kappa shape index (κ3) is 2.82. The van der Waals surface area contributed by atoms with E-state index in [-0.39, 0.29) is 5.91 Å². The number of rotatable bonds is 3. The summed E-state index contributed by atoms with van der Waals surface area (Å²) in [5.41, 5.74) is 3.70. The van der Waals surface area contributed by atoms with Crippen LogP contribution in [0.2, 0.25) is 0 Å². The number of hydrogen-bond donors (Lipinski definition) is 1. The summed E-state index contributed by atoms with van der Waals surface area (Å²) >= 11 is 0. The zero-order chi connectivity index (χ0) is 20.0. The van der Waals surface area contributed by atoms with Crippen LogP contribution in [0.3, 0.4) is 0 Å². The molecule has 0 aliphatic heterocycles. The van der Waals surface area contributed by atoms with Gasteiger partial charge in [-0.15, -0.1) is 0 Å². The average molecular weight is 383 g/mol. The Morgan fingerprint density at radius 3 is 2.76 bits per heavy atom. The number of pyridine rings is 2. The van der Waals surface area contributed by atoms with E-state index >= 15 is 0 Å². The minimum Gasteiger partial charge on any atom is -0.345 e. The molecule has 0 aliphatic carbocycles. The molecule has 8 heteroatoms. The quantitative estimate of drug-likeness (QED) is 0.514. The summed E-state index contributed by atoms with van der Waals surface area (Å²) in [6, 6.07) is 9.27. The fourth-order valence-corrected chi connectivity index (χ4v) is 3.36. The molecule has 142 valence electrons. The highest BCUT2D eigenvalue weighted by molar-refractivity contribution is 6.12. The molecule has 0 aliphatic rings. The van der Waals surface area contributed by atoms with Crippen LogP contribution in [0.4, 0.5) is 11.5 Å². The van der Waals surface area contributed by atoms with E-state index in [9.17, 15) is 4.79 Å². The second-order valence-corrected chi connectivity index (χ2v) is 6.89. The highest BCUT2D eigenvalue weighted by atomic mass is 16.2. The SMILES string of the molecule is CN(C)C(=O)c1cccc(Nc2nc3c(nn4ccncc34)c3cnccc23)c1. The summed E-state index contributed by atoms with van der Waals surface area (Å²) in [7, 11) is 3.47. The first-order valence-corrected chi connectivity index (χ1v) is 9.06. The largest absolute Gasteiger partial charge is 0.345 e. The summed E-state index contributed by atoms with van der Waals surface area (Å²) in [5.74, 6) is 0.614. The number of nitrogens with one attached hydrogen (secondary N) is 1. The monoisotopic (exact) mass is 383 g/mol. The first kappa shape index (κ1) is 17.1. The standard InChI is InChI=1S/C21H17N7O/c1-27(2)21(29)13-4-3-5-14(10-13)24-20-15-6-7-22-11-16(15)18-19(25-20)17-12-23-8-9-28(17)26-18/h3-12H,1-2H3,(H,24,25). The van der Waals surface area contributed by atoms with Gasteiger partial charge in [0.1, 0.15) is 22.4 Å². The van der Waals surface area contributed by atoms with E-state index in [4.69, 9.17) is 4.98 Å². The van der Waals surface area contributed by atoms with Crippen LogP contribution in [-0.4, -0.2) is 49.5 Å². The lowest BCUT2D eigenvalue weighted by atomic mass is 10.1. The minimum absolute atomic E-state index is 0.0557. The molecule has 0 saturated carbocycles. The van der Waals surface area contributed by atoms with Gasteiger partial charge in [0.2, 0.25) is 0 Å². The molecule has 1 aromatic carbocycles. The van der Waals surface area contributed by atoms with Crippen molar-refractivity contribution in [2.24, 2.45) is 0 Å². The lowest BCUT2D eigenvalue weighted by Gasteiger charge is -2.13. The summed E-state index contributed by atoms with van der Waals surface area (Å²) in [4.78, 5) is 27.2. The van der Waals surface area contributed by atoms with Gasteiger partial charge in [0, 0.05) is 60.9 Å². The lowest BCUT2D eigenvalue weighted by Crippen LogP contribution is -2.21. The Morgan fingerprint density at radius 1 is 1.03 bits per heavy atom. The van der Waals surface area contributed by atoms with Crippen molar-refractivity contribution in [2.45, 2.75) is 0 Å². The molecule has 0 bridgehead atoms. The normalized spacial score (nSPS) is 11.2. The van der Waals surface area contributed by atoms with Gasteiger partial charge in [-0.2, -0.15) is 5.10 Å². The van der Waals surface area contributed by atoms with Gasteiger partial charge < -0.3 is 10.2 Å². The maximum Gasteiger partial charge on any atom is 0.253 e. The number of carbonyl (C=O) groups is 1. The summed E-state index contributed by atoms with van der Waals surface area (Å²) < 4.78 is 1.76. The van der Waals surface area contributed by atoms with Crippen molar-refractivity contribution in [2.75, 3.05) is 19.4 Å². The molecule has 0 saturated heterocycles. The molecule has 29 heavy (non-hydrogen) atoms. The van der Waals surface area contributed by atoms with Gasteiger partial charge in [-0.1, -0.05) is 6.07 Å². The Kier molecular flexibility index (Phi) is 3.83. The highest BCUT2D eigenvalue weighted by Gasteiger charge is 2.15. The van der Waals surface area contributed by atoms with Gasteiger partial charge in [0.25, 0.3) is 5.91 Å². The zero-order valence-corrected chi connectivity index (χ0v) is 15.9.